The lowest BCUT2D eigenvalue weighted by Gasteiger charge is -2.19. The van der Waals surface area contributed by atoms with Gasteiger partial charge in [0.25, 0.3) is 0 Å². The average Bonchev–Trinajstić information content (AvgIpc) is 3.12. The smallest absolute Gasteiger partial charge is 0.352 e. The van der Waals surface area contributed by atoms with Crippen molar-refractivity contribution in [2.75, 3.05) is 5.32 Å². The van der Waals surface area contributed by atoms with Crippen molar-refractivity contribution in [3.8, 4) is 11.1 Å². The van der Waals surface area contributed by atoms with Crippen LogP contribution in [-0.4, -0.2) is 16.1 Å². The summed E-state index contributed by atoms with van der Waals surface area (Å²) in [4.78, 5) is 14.9. The number of rotatable bonds is 5. The summed E-state index contributed by atoms with van der Waals surface area (Å²) in [6.07, 6.45) is 0. The molecule has 0 saturated heterocycles. The number of aromatic amines is 1. The van der Waals surface area contributed by atoms with E-state index in [9.17, 15) is 9.90 Å². The zero-order chi connectivity index (χ0) is 21.3. The number of aromatic nitrogens is 1. The topological polar surface area (TPSA) is 65.1 Å². The van der Waals surface area contributed by atoms with Crippen molar-refractivity contribution in [2.45, 2.75) is 32.7 Å². The molecule has 3 aromatic carbocycles. The molecule has 0 spiro atoms. The molecule has 4 heteroatoms. The second-order valence-electron chi connectivity index (χ2n) is 8.61. The Balaban J connectivity index is 1.64. The van der Waals surface area contributed by atoms with Crippen LogP contribution in [0.15, 0.2) is 72.8 Å². The molecule has 0 aliphatic carbocycles. The number of aromatic carboxylic acids is 1. The molecule has 0 aliphatic rings. The predicted octanol–water partition coefficient (Wildman–Crippen LogP) is 6.44. The molecule has 152 valence electrons. The zero-order valence-electron chi connectivity index (χ0n) is 17.5. The minimum absolute atomic E-state index is 0.140. The Hall–Kier alpha value is -3.53. The van der Waals surface area contributed by atoms with E-state index in [4.69, 9.17) is 0 Å². The Labute approximate surface area is 176 Å². The predicted molar refractivity (Wildman–Crippen MR) is 123 cm³/mol. The van der Waals surface area contributed by atoms with Crippen molar-refractivity contribution in [2.24, 2.45) is 0 Å². The first-order valence-electron chi connectivity index (χ1n) is 10.1. The summed E-state index contributed by atoms with van der Waals surface area (Å²) in [5, 5.41) is 14.0. The number of carboxylic acid groups (broad SMARTS) is 1. The fourth-order valence-electron chi connectivity index (χ4n) is 3.69. The molecular formula is C26H26N2O2. The van der Waals surface area contributed by atoms with Gasteiger partial charge in [0.15, 0.2) is 0 Å². The van der Waals surface area contributed by atoms with Gasteiger partial charge in [-0.2, -0.15) is 0 Å². The first-order valence-corrected chi connectivity index (χ1v) is 10.1. The molecule has 0 saturated carbocycles. The van der Waals surface area contributed by atoms with Crippen molar-refractivity contribution < 1.29 is 9.90 Å². The van der Waals surface area contributed by atoms with Crippen LogP contribution >= 0.6 is 0 Å². The van der Waals surface area contributed by atoms with Crippen molar-refractivity contribution in [1.82, 2.24) is 4.98 Å². The number of benzene rings is 3. The lowest BCUT2D eigenvalue weighted by molar-refractivity contribution is 0.0692. The maximum absolute atomic E-state index is 11.8. The Kier molecular flexibility index (Phi) is 5.08. The monoisotopic (exact) mass is 398 g/mol. The average molecular weight is 399 g/mol. The fraction of sp³-hybridized carbons (Fsp3) is 0.192. The standard InChI is InChI=1S/C26H26N2O2/c1-26(2,3)19-11-9-17(10-12-19)16-27-20-13-14-22-21(15-20)23(24(28-22)25(29)30)18-7-5-4-6-8-18/h4-15,27-28H,16H2,1-3H3,(H,29,30). The Morgan fingerprint density at radius 3 is 2.30 bits per heavy atom. The van der Waals surface area contributed by atoms with Crippen LogP contribution in [0.5, 0.6) is 0 Å². The van der Waals surface area contributed by atoms with E-state index in [2.05, 4.69) is 55.3 Å². The third-order valence-corrected chi connectivity index (χ3v) is 5.39. The van der Waals surface area contributed by atoms with Gasteiger partial charge in [-0.25, -0.2) is 4.79 Å². The van der Waals surface area contributed by atoms with Crippen molar-refractivity contribution in [3.05, 3.63) is 89.6 Å². The minimum Gasteiger partial charge on any atom is -0.477 e. The molecule has 0 radical (unpaired) electrons. The third-order valence-electron chi connectivity index (χ3n) is 5.39. The second kappa shape index (κ2) is 7.71. The molecule has 0 atom stereocenters. The molecule has 4 rings (SSSR count). The van der Waals surface area contributed by atoms with E-state index in [0.717, 1.165) is 27.7 Å². The molecule has 3 N–H and O–H groups in total. The molecule has 30 heavy (non-hydrogen) atoms. The number of fused-ring (bicyclic) bond motifs is 1. The van der Waals surface area contributed by atoms with Gasteiger partial charge in [0.1, 0.15) is 5.69 Å². The van der Waals surface area contributed by atoms with E-state index >= 15 is 0 Å². The van der Waals surface area contributed by atoms with E-state index in [1.165, 1.54) is 11.1 Å². The highest BCUT2D eigenvalue weighted by Crippen LogP contribution is 2.34. The summed E-state index contributed by atoms with van der Waals surface area (Å²) >= 11 is 0. The zero-order valence-corrected chi connectivity index (χ0v) is 17.5. The van der Waals surface area contributed by atoms with Gasteiger partial charge < -0.3 is 15.4 Å². The van der Waals surface area contributed by atoms with Crippen molar-refractivity contribution in [1.29, 1.82) is 0 Å². The van der Waals surface area contributed by atoms with Gasteiger partial charge in [-0.15, -0.1) is 0 Å². The quantitative estimate of drug-likeness (QED) is 0.362. The van der Waals surface area contributed by atoms with Gasteiger partial charge in [-0.3, -0.25) is 0 Å². The first kappa shape index (κ1) is 19.8. The number of hydrogen-bond donors (Lipinski definition) is 3. The lowest BCUT2D eigenvalue weighted by atomic mass is 9.87. The third kappa shape index (κ3) is 3.94. The number of H-pyrrole nitrogens is 1. The summed E-state index contributed by atoms with van der Waals surface area (Å²) in [5.74, 6) is -0.960. The number of carbonyl (C=O) groups is 1. The van der Waals surface area contributed by atoms with E-state index in [-0.39, 0.29) is 11.1 Å². The molecule has 0 aliphatic heterocycles. The van der Waals surface area contributed by atoms with Gasteiger partial charge in [0, 0.05) is 28.7 Å². The first-order chi connectivity index (χ1) is 14.3. The molecule has 4 aromatic rings. The highest BCUT2D eigenvalue weighted by Gasteiger charge is 2.19. The summed E-state index contributed by atoms with van der Waals surface area (Å²) in [7, 11) is 0. The molecule has 1 heterocycles. The van der Waals surface area contributed by atoms with E-state index in [1.54, 1.807) is 0 Å². The molecule has 4 nitrogen and oxygen atoms in total. The van der Waals surface area contributed by atoms with Crippen LogP contribution in [0.3, 0.4) is 0 Å². The van der Waals surface area contributed by atoms with E-state index in [1.807, 2.05) is 48.5 Å². The summed E-state index contributed by atoms with van der Waals surface area (Å²) in [6.45, 7) is 7.33. The molecule has 0 unspecified atom stereocenters. The van der Waals surface area contributed by atoms with Gasteiger partial charge in [-0.1, -0.05) is 75.4 Å². The maximum atomic E-state index is 11.8. The van der Waals surface area contributed by atoms with Gasteiger partial charge in [0.2, 0.25) is 0 Å². The van der Waals surface area contributed by atoms with Gasteiger partial charge >= 0.3 is 5.97 Å². The normalized spacial score (nSPS) is 11.6. The fourth-order valence-corrected chi connectivity index (χ4v) is 3.69. The van der Waals surface area contributed by atoms with Crippen LogP contribution in [-0.2, 0) is 12.0 Å². The van der Waals surface area contributed by atoms with Crippen LogP contribution in [0.4, 0.5) is 5.69 Å². The number of anilines is 1. The van der Waals surface area contributed by atoms with Crippen LogP contribution in [0.25, 0.3) is 22.0 Å². The molecular weight excluding hydrogens is 372 g/mol. The largest absolute Gasteiger partial charge is 0.477 e. The minimum atomic E-state index is -0.960. The Morgan fingerprint density at radius 1 is 0.967 bits per heavy atom. The van der Waals surface area contributed by atoms with Crippen LogP contribution in [0, 0.1) is 0 Å². The highest BCUT2D eigenvalue weighted by atomic mass is 16.4. The Morgan fingerprint density at radius 2 is 1.67 bits per heavy atom. The molecule has 0 amide bonds. The number of hydrogen-bond acceptors (Lipinski definition) is 2. The maximum Gasteiger partial charge on any atom is 0.352 e. The SMILES string of the molecule is CC(C)(C)c1ccc(CNc2ccc3[nH]c(C(=O)O)c(-c4ccccc4)c3c2)cc1. The van der Waals surface area contributed by atoms with Crippen LogP contribution < -0.4 is 5.32 Å². The van der Waals surface area contributed by atoms with Crippen LogP contribution in [0.1, 0.15) is 42.4 Å². The Bertz CT molecular complexity index is 1180. The second-order valence-corrected chi connectivity index (χ2v) is 8.61. The summed E-state index contributed by atoms with van der Waals surface area (Å²) in [5.41, 5.74) is 6.24. The van der Waals surface area contributed by atoms with Gasteiger partial charge in [0.05, 0.1) is 0 Å². The van der Waals surface area contributed by atoms with E-state index in [0.29, 0.717) is 6.54 Å². The summed E-state index contributed by atoms with van der Waals surface area (Å²) < 4.78 is 0. The molecule has 0 fully saturated rings. The van der Waals surface area contributed by atoms with E-state index < -0.39 is 5.97 Å². The highest BCUT2D eigenvalue weighted by molar-refractivity contribution is 6.08. The van der Waals surface area contributed by atoms with Gasteiger partial charge in [-0.05, 0) is 40.3 Å². The number of carboxylic acids is 1. The lowest BCUT2D eigenvalue weighted by Crippen LogP contribution is -2.11. The van der Waals surface area contributed by atoms with Crippen molar-refractivity contribution >= 4 is 22.6 Å². The molecule has 0 bridgehead atoms. The number of nitrogens with one attached hydrogen (secondary N) is 2. The van der Waals surface area contributed by atoms with Crippen LogP contribution in [0.2, 0.25) is 0 Å². The summed E-state index contributed by atoms with van der Waals surface area (Å²) in [6, 6.07) is 24.2. The molecule has 1 aromatic heterocycles. The van der Waals surface area contributed by atoms with Crippen molar-refractivity contribution in [3.63, 3.8) is 0 Å².